The highest BCUT2D eigenvalue weighted by atomic mass is 15.1. The maximum atomic E-state index is 4.45. The molecule has 1 aliphatic heterocycles. The van der Waals surface area contributed by atoms with Crippen molar-refractivity contribution in [1.82, 2.24) is 14.9 Å². The van der Waals surface area contributed by atoms with E-state index in [9.17, 15) is 0 Å². The summed E-state index contributed by atoms with van der Waals surface area (Å²) in [7, 11) is 2.04. The van der Waals surface area contributed by atoms with Crippen molar-refractivity contribution in [2.75, 3.05) is 0 Å². The Morgan fingerprint density at radius 3 is 2.93 bits per heavy atom. The van der Waals surface area contributed by atoms with E-state index in [4.69, 9.17) is 0 Å². The maximum absolute atomic E-state index is 4.45. The zero-order chi connectivity index (χ0) is 10.3. The van der Waals surface area contributed by atoms with Crippen LogP contribution in [0.1, 0.15) is 23.0 Å². The van der Waals surface area contributed by atoms with Crippen LogP contribution in [0.15, 0.2) is 36.7 Å². The van der Waals surface area contributed by atoms with Crippen molar-refractivity contribution in [2.24, 2.45) is 7.05 Å². The van der Waals surface area contributed by atoms with Crippen molar-refractivity contribution < 1.29 is 0 Å². The number of hydrogen-bond acceptors (Lipinski definition) is 2. The van der Waals surface area contributed by atoms with Crippen molar-refractivity contribution >= 4 is 0 Å². The first-order valence-electron chi connectivity index (χ1n) is 5.14. The molecule has 0 spiro atoms. The van der Waals surface area contributed by atoms with Crippen LogP contribution in [-0.2, 0) is 13.6 Å². The van der Waals surface area contributed by atoms with E-state index >= 15 is 0 Å². The van der Waals surface area contributed by atoms with Gasteiger partial charge in [0.2, 0.25) is 0 Å². The van der Waals surface area contributed by atoms with Crippen LogP contribution in [0.4, 0.5) is 0 Å². The summed E-state index contributed by atoms with van der Waals surface area (Å²) in [4.78, 5) is 4.45. The van der Waals surface area contributed by atoms with Gasteiger partial charge in [-0.2, -0.15) is 0 Å². The molecule has 1 aromatic carbocycles. The molecule has 1 aliphatic rings. The summed E-state index contributed by atoms with van der Waals surface area (Å²) in [6, 6.07) is 10.7. The normalized spacial score (nSPS) is 19.1. The highest BCUT2D eigenvalue weighted by Crippen LogP contribution is 2.28. The van der Waals surface area contributed by atoms with Gasteiger partial charge in [-0.1, -0.05) is 30.3 Å². The molecule has 0 fully saturated rings. The molecular formula is C12H13N3. The lowest BCUT2D eigenvalue weighted by molar-refractivity contribution is 0.639. The minimum atomic E-state index is 0.266. The zero-order valence-corrected chi connectivity index (χ0v) is 8.64. The Balaban J connectivity index is 2.04. The second kappa shape index (κ2) is 3.21. The summed E-state index contributed by atoms with van der Waals surface area (Å²) in [6.45, 7) is 0.908. The number of aromatic nitrogens is 2. The van der Waals surface area contributed by atoms with Crippen molar-refractivity contribution in [1.29, 1.82) is 0 Å². The fourth-order valence-electron chi connectivity index (χ4n) is 2.15. The second-order valence-corrected chi connectivity index (χ2v) is 3.91. The fourth-order valence-corrected chi connectivity index (χ4v) is 2.15. The first-order valence-corrected chi connectivity index (χ1v) is 5.14. The molecule has 2 heterocycles. The van der Waals surface area contributed by atoms with Crippen LogP contribution in [0.5, 0.6) is 0 Å². The van der Waals surface area contributed by atoms with E-state index in [1.807, 2.05) is 19.4 Å². The number of nitrogens with one attached hydrogen (secondary N) is 1. The lowest BCUT2D eigenvalue weighted by Crippen LogP contribution is -2.14. The van der Waals surface area contributed by atoms with Crippen LogP contribution in [0.2, 0.25) is 0 Å². The third-order valence-electron chi connectivity index (χ3n) is 2.97. The second-order valence-electron chi connectivity index (χ2n) is 3.91. The molecule has 3 heteroatoms. The molecule has 3 nitrogen and oxygen atoms in total. The third kappa shape index (κ3) is 1.27. The van der Waals surface area contributed by atoms with Gasteiger partial charge in [-0.05, 0) is 5.56 Å². The summed E-state index contributed by atoms with van der Waals surface area (Å²) in [5.41, 5.74) is 3.75. The summed E-state index contributed by atoms with van der Waals surface area (Å²) in [6.07, 6.45) is 1.89. The van der Waals surface area contributed by atoms with Crippen LogP contribution < -0.4 is 5.32 Å². The first-order chi connectivity index (χ1) is 7.36. The topological polar surface area (TPSA) is 29.9 Å². The number of benzene rings is 1. The van der Waals surface area contributed by atoms with Gasteiger partial charge < -0.3 is 4.57 Å². The van der Waals surface area contributed by atoms with Gasteiger partial charge in [0.15, 0.2) is 0 Å². The van der Waals surface area contributed by atoms with Gasteiger partial charge in [-0.25, -0.2) is 4.98 Å². The average molecular weight is 199 g/mol. The number of nitrogens with zero attached hydrogens (tertiary/aromatic N) is 2. The number of hydrogen-bond donors (Lipinski definition) is 1. The monoisotopic (exact) mass is 199 g/mol. The Hall–Kier alpha value is -1.61. The summed E-state index contributed by atoms with van der Waals surface area (Å²) >= 11 is 0. The predicted octanol–water partition coefficient (Wildman–Crippen LogP) is 1.61. The first kappa shape index (κ1) is 8.68. The standard InChI is InChI=1S/C12H13N3/c1-15-8-14-12-10(15)7-13-11(12)9-5-3-2-4-6-9/h2-6,8,11,13H,7H2,1H3. The molecule has 0 amide bonds. The van der Waals surface area contributed by atoms with Crippen molar-refractivity contribution in [3.05, 3.63) is 53.6 Å². The molecule has 0 bridgehead atoms. The highest BCUT2D eigenvalue weighted by molar-refractivity contribution is 5.33. The van der Waals surface area contributed by atoms with Crippen LogP contribution in [0.25, 0.3) is 0 Å². The molecule has 0 radical (unpaired) electrons. The van der Waals surface area contributed by atoms with Gasteiger partial charge in [0.05, 0.1) is 23.8 Å². The molecule has 2 aromatic rings. The fraction of sp³-hybridized carbons (Fsp3) is 0.250. The number of imidazole rings is 1. The van der Waals surface area contributed by atoms with Crippen LogP contribution in [-0.4, -0.2) is 9.55 Å². The van der Waals surface area contributed by atoms with Crippen LogP contribution >= 0.6 is 0 Å². The molecule has 0 saturated heterocycles. The van der Waals surface area contributed by atoms with Gasteiger partial charge in [0, 0.05) is 13.6 Å². The zero-order valence-electron chi connectivity index (χ0n) is 8.64. The van der Waals surface area contributed by atoms with E-state index < -0.39 is 0 Å². The van der Waals surface area contributed by atoms with Crippen molar-refractivity contribution in [2.45, 2.75) is 12.6 Å². The lowest BCUT2D eigenvalue weighted by atomic mass is 10.1. The molecule has 1 unspecified atom stereocenters. The van der Waals surface area contributed by atoms with Gasteiger partial charge >= 0.3 is 0 Å². The molecule has 15 heavy (non-hydrogen) atoms. The largest absolute Gasteiger partial charge is 0.336 e. The SMILES string of the molecule is Cn1cnc2c1CNC2c1ccccc1. The summed E-state index contributed by atoms with van der Waals surface area (Å²) in [5.74, 6) is 0. The van der Waals surface area contributed by atoms with Gasteiger partial charge in [-0.3, -0.25) is 5.32 Å². The maximum Gasteiger partial charge on any atom is 0.0950 e. The van der Waals surface area contributed by atoms with Gasteiger partial charge in [0.25, 0.3) is 0 Å². The Bertz CT molecular complexity index is 473. The van der Waals surface area contributed by atoms with E-state index in [0.717, 1.165) is 6.54 Å². The molecular weight excluding hydrogens is 186 g/mol. The van der Waals surface area contributed by atoms with Crippen molar-refractivity contribution in [3.8, 4) is 0 Å². The highest BCUT2D eigenvalue weighted by Gasteiger charge is 2.26. The molecule has 76 valence electrons. The van der Waals surface area contributed by atoms with Gasteiger partial charge in [-0.15, -0.1) is 0 Å². The molecule has 1 N–H and O–H groups in total. The lowest BCUT2D eigenvalue weighted by Gasteiger charge is -2.09. The van der Waals surface area contributed by atoms with Crippen LogP contribution in [0, 0.1) is 0 Å². The minimum absolute atomic E-state index is 0.266. The molecule has 3 rings (SSSR count). The average Bonchev–Trinajstić information content (AvgIpc) is 2.83. The van der Waals surface area contributed by atoms with E-state index in [1.165, 1.54) is 17.0 Å². The molecule has 1 atom stereocenters. The number of aryl methyl sites for hydroxylation is 1. The Labute approximate surface area is 88.8 Å². The van der Waals surface area contributed by atoms with E-state index in [1.54, 1.807) is 0 Å². The summed E-state index contributed by atoms with van der Waals surface area (Å²) < 4.78 is 2.09. The molecule has 0 saturated carbocycles. The summed E-state index contributed by atoms with van der Waals surface area (Å²) in [5, 5.41) is 3.48. The van der Waals surface area contributed by atoms with E-state index in [0.29, 0.717) is 0 Å². The van der Waals surface area contributed by atoms with Gasteiger partial charge in [0.1, 0.15) is 0 Å². The number of fused-ring (bicyclic) bond motifs is 1. The Morgan fingerprint density at radius 1 is 1.33 bits per heavy atom. The quantitative estimate of drug-likeness (QED) is 0.756. The van der Waals surface area contributed by atoms with Crippen LogP contribution in [0.3, 0.4) is 0 Å². The minimum Gasteiger partial charge on any atom is -0.336 e. The third-order valence-corrected chi connectivity index (χ3v) is 2.97. The van der Waals surface area contributed by atoms with E-state index in [2.05, 4.69) is 39.1 Å². The smallest absolute Gasteiger partial charge is 0.0950 e. The Kier molecular flexibility index (Phi) is 1.86. The number of rotatable bonds is 1. The molecule has 1 aromatic heterocycles. The molecule has 0 aliphatic carbocycles. The predicted molar refractivity (Wildman–Crippen MR) is 58.3 cm³/mol. The van der Waals surface area contributed by atoms with E-state index in [-0.39, 0.29) is 6.04 Å². The van der Waals surface area contributed by atoms with Crippen molar-refractivity contribution in [3.63, 3.8) is 0 Å². The Morgan fingerprint density at radius 2 is 2.13 bits per heavy atom.